The Hall–Kier alpha value is -2.72. The van der Waals surface area contributed by atoms with Crippen LogP contribution in [0.1, 0.15) is 35.4 Å². The molecule has 1 atom stereocenters. The average molecular weight is 334 g/mol. The van der Waals surface area contributed by atoms with Crippen molar-refractivity contribution in [1.29, 1.82) is 0 Å². The van der Waals surface area contributed by atoms with Crippen molar-refractivity contribution in [3.05, 3.63) is 78.0 Å². The van der Waals surface area contributed by atoms with Crippen LogP contribution < -0.4 is 5.32 Å². The summed E-state index contributed by atoms with van der Waals surface area (Å²) in [6.45, 7) is 3.22. The highest BCUT2D eigenvalue weighted by atomic mass is 16.5. The molecule has 2 aromatic carbocycles. The van der Waals surface area contributed by atoms with Crippen molar-refractivity contribution in [3.63, 3.8) is 0 Å². The zero-order valence-corrected chi connectivity index (χ0v) is 14.3. The van der Waals surface area contributed by atoms with Gasteiger partial charge in [0.05, 0.1) is 17.2 Å². The third-order valence-corrected chi connectivity index (χ3v) is 4.14. The number of carbonyl (C=O) groups is 1. The van der Waals surface area contributed by atoms with E-state index in [9.17, 15) is 4.79 Å². The Morgan fingerprint density at radius 3 is 2.68 bits per heavy atom. The molecule has 0 saturated carbocycles. The highest BCUT2D eigenvalue weighted by Crippen LogP contribution is 2.17. The van der Waals surface area contributed by atoms with Crippen LogP contribution in [-0.2, 0) is 4.74 Å². The van der Waals surface area contributed by atoms with Crippen molar-refractivity contribution in [3.8, 4) is 0 Å². The minimum atomic E-state index is -0.0743. The van der Waals surface area contributed by atoms with Crippen molar-refractivity contribution >= 4 is 16.8 Å². The number of hydrogen-bond acceptors (Lipinski definition) is 3. The number of amides is 1. The SMILES string of the molecule is CC(OCCCNC(=O)c1ccnc2ccccc12)c1ccccc1. The van der Waals surface area contributed by atoms with Crippen LogP contribution in [0.5, 0.6) is 0 Å². The topological polar surface area (TPSA) is 51.2 Å². The molecule has 128 valence electrons. The van der Waals surface area contributed by atoms with Gasteiger partial charge in [-0.1, -0.05) is 48.5 Å². The van der Waals surface area contributed by atoms with E-state index in [0.29, 0.717) is 18.7 Å². The minimum Gasteiger partial charge on any atom is -0.374 e. The highest BCUT2D eigenvalue weighted by Gasteiger charge is 2.10. The van der Waals surface area contributed by atoms with Gasteiger partial charge in [0.15, 0.2) is 0 Å². The molecule has 0 aliphatic carbocycles. The largest absolute Gasteiger partial charge is 0.374 e. The zero-order chi connectivity index (χ0) is 17.5. The maximum atomic E-state index is 12.4. The lowest BCUT2D eigenvalue weighted by Crippen LogP contribution is -2.25. The van der Waals surface area contributed by atoms with E-state index >= 15 is 0 Å². The van der Waals surface area contributed by atoms with Gasteiger partial charge in [-0.2, -0.15) is 0 Å². The fraction of sp³-hybridized carbons (Fsp3) is 0.238. The van der Waals surface area contributed by atoms with Gasteiger partial charge in [0, 0.05) is 24.7 Å². The number of nitrogens with zero attached hydrogens (tertiary/aromatic N) is 1. The molecule has 0 saturated heterocycles. The van der Waals surface area contributed by atoms with Gasteiger partial charge in [0.1, 0.15) is 0 Å². The molecule has 1 heterocycles. The molecular weight excluding hydrogens is 312 g/mol. The molecule has 0 aliphatic heterocycles. The molecule has 1 N–H and O–H groups in total. The second kappa shape index (κ2) is 8.40. The van der Waals surface area contributed by atoms with Crippen molar-refractivity contribution in [1.82, 2.24) is 10.3 Å². The van der Waals surface area contributed by atoms with Gasteiger partial charge in [0.2, 0.25) is 0 Å². The Morgan fingerprint density at radius 1 is 1.08 bits per heavy atom. The van der Waals surface area contributed by atoms with Gasteiger partial charge in [-0.25, -0.2) is 0 Å². The van der Waals surface area contributed by atoms with Gasteiger partial charge in [0.25, 0.3) is 5.91 Å². The number of fused-ring (bicyclic) bond motifs is 1. The van der Waals surface area contributed by atoms with Crippen LogP contribution in [0.4, 0.5) is 0 Å². The molecular formula is C21H22N2O2. The van der Waals surface area contributed by atoms with E-state index in [0.717, 1.165) is 22.9 Å². The summed E-state index contributed by atoms with van der Waals surface area (Å²) in [5.74, 6) is -0.0743. The summed E-state index contributed by atoms with van der Waals surface area (Å²) in [6, 6.07) is 19.5. The first-order chi connectivity index (χ1) is 12.3. The van der Waals surface area contributed by atoms with E-state index in [2.05, 4.69) is 22.4 Å². The molecule has 4 nitrogen and oxygen atoms in total. The molecule has 0 fully saturated rings. The maximum absolute atomic E-state index is 12.4. The van der Waals surface area contributed by atoms with Crippen LogP contribution in [0, 0.1) is 0 Å². The lowest BCUT2D eigenvalue weighted by Gasteiger charge is -2.13. The molecule has 0 radical (unpaired) electrons. The number of carbonyl (C=O) groups excluding carboxylic acids is 1. The number of pyridine rings is 1. The molecule has 0 spiro atoms. The molecule has 4 heteroatoms. The van der Waals surface area contributed by atoms with Crippen LogP contribution in [0.2, 0.25) is 0 Å². The molecule has 3 aromatic rings. The Balaban J connectivity index is 1.47. The standard InChI is InChI=1S/C21H22N2O2/c1-16(17-8-3-2-4-9-17)25-15-7-13-23-21(24)19-12-14-22-20-11-6-5-10-18(19)20/h2-6,8-12,14,16H,7,13,15H2,1H3,(H,23,24). The van der Waals surface area contributed by atoms with Gasteiger partial charge in [-0.3, -0.25) is 9.78 Å². The summed E-state index contributed by atoms with van der Waals surface area (Å²) >= 11 is 0. The number of aromatic nitrogens is 1. The first-order valence-electron chi connectivity index (χ1n) is 8.54. The fourth-order valence-electron chi connectivity index (χ4n) is 2.74. The minimum absolute atomic E-state index is 0.0565. The predicted octanol–water partition coefficient (Wildman–Crippen LogP) is 4.13. The Bertz CT molecular complexity index is 828. The lowest BCUT2D eigenvalue weighted by atomic mass is 10.1. The zero-order valence-electron chi connectivity index (χ0n) is 14.3. The van der Waals surface area contributed by atoms with Crippen molar-refractivity contribution < 1.29 is 9.53 Å². The summed E-state index contributed by atoms with van der Waals surface area (Å²) in [7, 11) is 0. The van der Waals surface area contributed by atoms with Crippen molar-refractivity contribution in [2.24, 2.45) is 0 Å². The highest BCUT2D eigenvalue weighted by molar-refractivity contribution is 6.05. The van der Waals surface area contributed by atoms with Gasteiger partial charge in [-0.05, 0) is 31.0 Å². The van der Waals surface area contributed by atoms with Crippen LogP contribution in [-0.4, -0.2) is 24.0 Å². The van der Waals surface area contributed by atoms with E-state index < -0.39 is 0 Å². The van der Waals surface area contributed by atoms with Crippen molar-refractivity contribution in [2.45, 2.75) is 19.4 Å². The fourth-order valence-corrected chi connectivity index (χ4v) is 2.74. The summed E-state index contributed by atoms with van der Waals surface area (Å²) in [4.78, 5) is 16.7. The second-order valence-electron chi connectivity index (χ2n) is 5.91. The van der Waals surface area contributed by atoms with Crippen LogP contribution >= 0.6 is 0 Å². The maximum Gasteiger partial charge on any atom is 0.252 e. The smallest absolute Gasteiger partial charge is 0.252 e. The van der Waals surface area contributed by atoms with Crippen LogP contribution in [0.15, 0.2) is 66.9 Å². The first kappa shape index (κ1) is 17.1. The Morgan fingerprint density at radius 2 is 1.84 bits per heavy atom. The third-order valence-electron chi connectivity index (χ3n) is 4.14. The second-order valence-corrected chi connectivity index (χ2v) is 5.91. The average Bonchev–Trinajstić information content (AvgIpc) is 2.67. The first-order valence-corrected chi connectivity index (χ1v) is 8.54. The number of ether oxygens (including phenoxy) is 1. The van der Waals surface area contributed by atoms with Crippen molar-refractivity contribution in [2.75, 3.05) is 13.2 Å². The molecule has 1 aromatic heterocycles. The normalized spacial score (nSPS) is 12.0. The quantitative estimate of drug-likeness (QED) is 0.661. The predicted molar refractivity (Wildman–Crippen MR) is 99.5 cm³/mol. The van der Waals surface area contributed by atoms with Crippen LogP contribution in [0.3, 0.4) is 0 Å². The Labute approximate surface area is 147 Å². The molecule has 0 bridgehead atoms. The molecule has 1 amide bonds. The van der Waals surface area contributed by atoms with Gasteiger partial charge >= 0.3 is 0 Å². The lowest BCUT2D eigenvalue weighted by molar-refractivity contribution is 0.0635. The molecule has 1 unspecified atom stereocenters. The van der Waals surface area contributed by atoms with E-state index in [1.807, 2.05) is 49.4 Å². The number of para-hydroxylation sites is 1. The van der Waals surface area contributed by atoms with Gasteiger partial charge in [-0.15, -0.1) is 0 Å². The van der Waals surface area contributed by atoms with E-state index in [1.54, 1.807) is 12.3 Å². The summed E-state index contributed by atoms with van der Waals surface area (Å²) in [5, 5.41) is 3.83. The summed E-state index contributed by atoms with van der Waals surface area (Å²) < 4.78 is 5.82. The van der Waals surface area contributed by atoms with E-state index in [4.69, 9.17) is 4.74 Å². The number of benzene rings is 2. The number of nitrogens with one attached hydrogen (secondary N) is 1. The van der Waals surface area contributed by atoms with Gasteiger partial charge < -0.3 is 10.1 Å². The van der Waals surface area contributed by atoms with E-state index in [1.165, 1.54) is 0 Å². The summed E-state index contributed by atoms with van der Waals surface area (Å²) in [5.41, 5.74) is 2.65. The molecule has 3 rings (SSSR count). The number of rotatable bonds is 7. The van der Waals surface area contributed by atoms with Crippen LogP contribution in [0.25, 0.3) is 10.9 Å². The summed E-state index contributed by atoms with van der Waals surface area (Å²) in [6.07, 6.45) is 2.49. The monoisotopic (exact) mass is 334 g/mol. The molecule has 25 heavy (non-hydrogen) atoms. The molecule has 0 aliphatic rings. The number of hydrogen-bond donors (Lipinski definition) is 1. The third kappa shape index (κ3) is 4.43. The van der Waals surface area contributed by atoms with E-state index in [-0.39, 0.29) is 12.0 Å². The Kier molecular flexibility index (Phi) is 5.75.